The normalized spacial score (nSPS) is 13.8. The van der Waals surface area contributed by atoms with Crippen LogP contribution in [0.15, 0.2) is 213 Å². The highest BCUT2D eigenvalue weighted by Gasteiger charge is 2.41. The van der Waals surface area contributed by atoms with Gasteiger partial charge in [0.25, 0.3) is 0 Å². The summed E-state index contributed by atoms with van der Waals surface area (Å²) in [6, 6.07) is 70.5. The molecule has 0 atom stereocenters. The molecule has 15 rings (SSSR count). The van der Waals surface area contributed by atoms with Crippen molar-refractivity contribution in [1.29, 1.82) is 0 Å². The van der Waals surface area contributed by atoms with Gasteiger partial charge in [-0.25, -0.2) is 13.7 Å². The highest BCUT2D eigenvalue weighted by molar-refractivity contribution is 5.86. The van der Waals surface area contributed by atoms with E-state index in [1.165, 1.54) is 157 Å². The first-order chi connectivity index (χ1) is 43.5. The van der Waals surface area contributed by atoms with Gasteiger partial charge in [-0.3, -0.25) is 15.0 Å². The maximum atomic E-state index is 4.92. The summed E-state index contributed by atoms with van der Waals surface area (Å²) in [5.74, 6) is 0. The summed E-state index contributed by atoms with van der Waals surface area (Å²) in [6.45, 7) is 28.8. The number of pyridine rings is 6. The molecule has 0 saturated heterocycles. The molecule has 6 aromatic carbocycles. The van der Waals surface area contributed by atoms with Gasteiger partial charge in [0.05, 0.1) is 17.1 Å². The van der Waals surface area contributed by atoms with E-state index < -0.39 is 0 Å². The molecule has 0 radical (unpaired) electrons. The maximum Gasteiger partial charge on any atom is 0.212 e. The van der Waals surface area contributed by atoms with Gasteiger partial charge in [-0.2, -0.15) is 0 Å². The molecule has 450 valence electrons. The molecule has 6 nitrogen and oxygen atoms in total. The Labute approximate surface area is 539 Å². The summed E-state index contributed by atoms with van der Waals surface area (Å²) in [4.78, 5) is 14.7. The first kappa shape index (κ1) is 60.1. The number of benzene rings is 6. The van der Waals surface area contributed by atoms with Crippen molar-refractivity contribution in [2.75, 3.05) is 0 Å². The van der Waals surface area contributed by atoms with Crippen molar-refractivity contribution in [2.45, 2.75) is 106 Å². The first-order valence-corrected chi connectivity index (χ1v) is 32.1. The lowest BCUT2D eigenvalue weighted by atomic mass is 9.83. The third-order valence-corrected chi connectivity index (χ3v) is 19.7. The summed E-state index contributed by atoms with van der Waals surface area (Å²) in [6.07, 6.45) is 6.68. The van der Waals surface area contributed by atoms with Crippen molar-refractivity contribution >= 4 is 0 Å². The summed E-state index contributed by atoms with van der Waals surface area (Å²) >= 11 is 0. The molecule has 12 aromatic rings. The Morgan fingerprint density at radius 2 is 0.538 bits per heavy atom. The zero-order chi connectivity index (χ0) is 64.0. The number of nitrogens with zero attached hydrogens (tertiary/aromatic N) is 6. The lowest BCUT2D eigenvalue weighted by molar-refractivity contribution is -0.660. The standard InChI is InChI=1S/C29H29N2.2C28H27N2/c1-18-7-10-21(11-8-18)22-12-14-27(31(6)17-22)24-16-26-25(15-19(24)2)23-13-9-20(3)30-28(23)29(26,4)5;2*1-18-15-24-22-13-11-19(2)29-27(22)28(3,4)25(24)16-23(18)26-14-12-21(17-30(26)5)20-9-7-6-8-10-20/h7-17H,1-6H3;2*6-17H,1-5H3/q3*+1. The molecular formula is C85H83N6+3. The largest absolute Gasteiger partial charge is 0.257 e. The summed E-state index contributed by atoms with van der Waals surface area (Å²) in [5, 5.41) is 0. The highest BCUT2D eigenvalue weighted by Crippen LogP contribution is 2.52. The molecule has 0 fully saturated rings. The third-order valence-electron chi connectivity index (χ3n) is 19.7. The van der Waals surface area contributed by atoms with E-state index in [4.69, 9.17) is 15.0 Å². The fraction of sp³-hybridized carbons (Fsp3) is 0.224. The zero-order valence-corrected chi connectivity index (χ0v) is 55.9. The topological polar surface area (TPSA) is 50.3 Å². The Hall–Kier alpha value is -9.78. The molecule has 3 aliphatic rings. The Kier molecular flexibility index (Phi) is 15.1. The van der Waals surface area contributed by atoms with Crippen molar-refractivity contribution in [3.63, 3.8) is 0 Å². The van der Waals surface area contributed by atoms with Crippen LogP contribution in [0.25, 0.3) is 101 Å². The van der Waals surface area contributed by atoms with Crippen molar-refractivity contribution in [1.82, 2.24) is 15.0 Å². The van der Waals surface area contributed by atoms with Gasteiger partial charge in [-0.05, 0) is 170 Å². The summed E-state index contributed by atoms with van der Waals surface area (Å²) in [5.41, 5.74) is 38.5. The average molecular weight is 1190 g/mol. The monoisotopic (exact) mass is 1190 g/mol. The van der Waals surface area contributed by atoms with E-state index in [0.717, 1.165) is 17.1 Å². The van der Waals surface area contributed by atoms with E-state index in [1.807, 2.05) is 0 Å². The molecule has 0 spiro atoms. The van der Waals surface area contributed by atoms with Crippen LogP contribution in [-0.2, 0) is 37.4 Å². The van der Waals surface area contributed by atoms with Gasteiger partial charge in [0, 0.05) is 102 Å². The summed E-state index contributed by atoms with van der Waals surface area (Å²) < 4.78 is 6.74. The number of aryl methyl sites for hydroxylation is 10. The van der Waals surface area contributed by atoms with Crippen LogP contribution in [0.1, 0.15) is 115 Å². The molecule has 0 unspecified atom stereocenters. The Bertz CT molecular complexity index is 4670. The van der Waals surface area contributed by atoms with E-state index in [2.05, 4.69) is 338 Å². The molecule has 6 heteroatoms. The minimum atomic E-state index is -0.0977. The second-order valence-electron chi connectivity index (χ2n) is 27.4. The maximum absolute atomic E-state index is 4.92. The quantitative estimate of drug-likeness (QED) is 0.156. The number of rotatable bonds is 6. The van der Waals surface area contributed by atoms with E-state index in [0.29, 0.717) is 0 Å². The molecular weight excluding hydrogens is 1100 g/mol. The molecule has 0 bridgehead atoms. The van der Waals surface area contributed by atoms with E-state index >= 15 is 0 Å². The first-order valence-electron chi connectivity index (χ1n) is 32.1. The molecule has 6 aromatic heterocycles. The zero-order valence-electron chi connectivity index (χ0n) is 55.9. The fourth-order valence-electron chi connectivity index (χ4n) is 14.5. The predicted molar refractivity (Wildman–Crippen MR) is 375 cm³/mol. The highest BCUT2D eigenvalue weighted by atomic mass is 14.9. The van der Waals surface area contributed by atoms with Crippen LogP contribution in [0.5, 0.6) is 0 Å². The van der Waals surface area contributed by atoms with Crippen LogP contribution in [0.3, 0.4) is 0 Å². The minimum Gasteiger partial charge on any atom is -0.257 e. The number of hydrogen-bond donors (Lipinski definition) is 0. The smallest absolute Gasteiger partial charge is 0.212 e. The van der Waals surface area contributed by atoms with E-state index in [9.17, 15) is 0 Å². The predicted octanol–water partition coefficient (Wildman–Crippen LogP) is 18.8. The van der Waals surface area contributed by atoms with Gasteiger partial charge in [-0.15, -0.1) is 0 Å². The second kappa shape index (κ2) is 22.9. The molecule has 0 amide bonds. The minimum absolute atomic E-state index is 0.0955. The van der Waals surface area contributed by atoms with Crippen LogP contribution in [-0.4, -0.2) is 15.0 Å². The third kappa shape index (κ3) is 10.7. The molecule has 6 heterocycles. The Morgan fingerprint density at radius 1 is 0.264 bits per heavy atom. The van der Waals surface area contributed by atoms with Crippen molar-refractivity contribution in [2.24, 2.45) is 21.1 Å². The van der Waals surface area contributed by atoms with Crippen molar-refractivity contribution < 1.29 is 13.7 Å². The molecule has 0 N–H and O–H groups in total. The van der Waals surface area contributed by atoms with Gasteiger partial charge in [0.15, 0.2) is 18.6 Å². The van der Waals surface area contributed by atoms with Crippen LogP contribution in [0, 0.1) is 48.5 Å². The lowest BCUT2D eigenvalue weighted by Gasteiger charge is -2.21. The SMILES string of the molecule is Cc1ccc(-c2ccc(-c3cc4c(cc3C)-c3ccc(C)nc3C4(C)C)[n+](C)c2)cc1.Cc1ccc2c(n1)C(C)(C)c1cc(-c3ccc(-c4ccccc4)c[n+]3C)c(C)cc1-2.Cc1ccc2c(n1)C(C)(C)c1cc(-c3ccc(-c4ccccc4)c[n+]3C)c(C)cc1-2. The number of fused-ring (bicyclic) bond motifs is 9. The van der Waals surface area contributed by atoms with Crippen LogP contribution in [0.2, 0.25) is 0 Å². The molecule has 91 heavy (non-hydrogen) atoms. The van der Waals surface area contributed by atoms with Crippen molar-refractivity contribution in [3.8, 4) is 101 Å². The van der Waals surface area contributed by atoms with E-state index in [-0.39, 0.29) is 16.2 Å². The van der Waals surface area contributed by atoms with Gasteiger partial charge in [-0.1, -0.05) is 168 Å². The fourth-order valence-corrected chi connectivity index (χ4v) is 14.5. The van der Waals surface area contributed by atoms with Crippen molar-refractivity contribution in [3.05, 3.63) is 286 Å². The van der Waals surface area contributed by atoms with Gasteiger partial charge in [0.1, 0.15) is 21.1 Å². The van der Waals surface area contributed by atoms with E-state index in [1.54, 1.807) is 0 Å². The second-order valence-corrected chi connectivity index (χ2v) is 27.4. The van der Waals surface area contributed by atoms with Crippen LogP contribution >= 0.6 is 0 Å². The van der Waals surface area contributed by atoms with Gasteiger partial charge < -0.3 is 0 Å². The van der Waals surface area contributed by atoms with Crippen LogP contribution < -0.4 is 13.7 Å². The Morgan fingerprint density at radius 3 is 0.824 bits per heavy atom. The molecule has 3 aliphatic carbocycles. The number of hydrogen-bond acceptors (Lipinski definition) is 3. The Balaban J connectivity index is 0.000000125. The van der Waals surface area contributed by atoms with Crippen LogP contribution in [0.4, 0.5) is 0 Å². The lowest BCUT2D eigenvalue weighted by Crippen LogP contribution is -2.31. The average Bonchev–Trinajstić information content (AvgIpc) is 1.60. The number of aromatic nitrogens is 6. The summed E-state index contributed by atoms with van der Waals surface area (Å²) in [7, 11) is 6.42. The molecule has 0 saturated carbocycles. The van der Waals surface area contributed by atoms with Gasteiger partial charge in [0.2, 0.25) is 17.1 Å². The van der Waals surface area contributed by atoms with Gasteiger partial charge >= 0.3 is 0 Å². The molecule has 0 aliphatic heterocycles.